The Hall–Kier alpha value is -4.17. The van der Waals surface area contributed by atoms with Crippen LogP contribution in [0, 0.1) is 32.1 Å². The molecule has 0 radical (unpaired) electrons. The summed E-state index contributed by atoms with van der Waals surface area (Å²) in [5.74, 6) is 0.000220. The molecule has 176 valence electrons. The van der Waals surface area contributed by atoms with Crippen LogP contribution in [0.15, 0.2) is 72.9 Å². The van der Waals surface area contributed by atoms with Gasteiger partial charge in [-0.3, -0.25) is 9.78 Å². The van der Waals surface area contributed by atoms with E-state index in [0.717, 1.165) is 39.5 Å². The van der Waals surface area contributed by atoms with Gasteiger partial charge >= 0.3 is 0 Å². The molecule has 1 amide bonds. The van der Waals surface area contributed by atoms with E-state index in [9.17, 15) is 4.79 Å². The second-order valence-electron chi connectivity index (χ2n) is 8.91. The molecule has 0 spiro atoms. The van der Waals surface area contributed by atoms with Crippen LogP contribution >= 0.6 is 0 Å². The molecule has 0 aliphatic rings. The van der Waals surface area contributed by atoms with Gasteiger partial charge in [-0.15, -0.1) is 0 Å². The lowest BCUT2D eigenvalue weighted by Gasteiger charge is -2.16. The fraction of sp³-hybridized carbons (Fsp3) is 0.233. The van der Waals surface area contributed by atoms with Crippen molar-refractivity contribution in [3.63, 3.8) is 0 Å². The third kappa shape index (κ3) is 5.67. The van der Waals surface area contributed by atoms with E-state index in [2.05, 4.69) is 65.1 Å². The number of amides is 1. The largest absolute Gasteiger partial charge is 0.350 e. The lowest BCUT2D eigenvalue weighted by molar-refractivity contribution is -0.121. The number of nitriles is 1. The van der Waals surface area contributed by atoms with E-state index in [-0.39, 0.29) is 5.91 Å². The molecule has 1 N–H and O–H groups in total. The molecule has 0 atom stereocenters. The second-order valence-corrected chi connectivity index (χ2v) is 8.91. The third-order valence-corrected chi connectivity index (χ3v) is 6.28. The van der Waals surface area contributed by atoms with Crippen molar-refractivity contribution in [3.05, 3.63) is 107 Å². The monoisotopic (exact) mass is 462 g/mol. The van der Waals surface area contributed by atoms with Crippen LogP contribution in [0.4, 0.5) is 0 Å². The zero-order valence-electron chi connectivity index (χ0n) is 20.5. The summed E-state index contributed by atoms with van der Waals surface area (Å²) in [5.41, 5.74) is 9.72. The Kier molecular flexibility index (Phi) is 7.42. The van der Waals surface area contributed by atoms with E-state index < -0.39 is 0 Å². The molecule has 0 unspecified atom stereocenters. The number of benzene rings is 2. The van der Waals surface area contributed by atoms with Crippen molar-refractivity contribution in [1.29, 1.82) is 5.26 Å². The number of hydrogen-bond donors (Lipinski definition) is 1. The molecular formula is C30H30N4O. The summed E-state index contributed by atoms with van der Waals surface area (Å²) in [7, 11) is 0. The predicted molar refractivity (Wildman–Crippen MR) is 139 cm³/mol. The van der Waals surface area contributed by atoms with Gasteiger partial charge in [0, 0.05) is 29.6 Å². The predicted octanol–water partition coefficient (Wildman–Crippen LogP) is 5.78. The molecule has 35 heavy (non-hydrogen) atoms. The van der Waals surface area contributed by atoms with Gasteiger partial charge in [0.25, 0.3) is 0 Å². The van der Waals surface area contributed by atoms with Crippen molar-refractivity contribution >= 4 is 5.91 Å². The van der Waals surface area contributed by atoms with Gasteiger partial charge < -0.3 is 9.88 Å². The van der Waals surface area contributed by atoms with Crippen LogP contribution in [-0.4, -0.2) is 15.5 Å². The second kappa shape index (κ2) is 10.8. The molecule has 0 bridgehead atoms. The van der Waals surface area contributed by atoms with E-state index in [1.807, 2.05) is 43.3 Å². The maximum Gasteiger partial charge on any atom is 0.220 e. The van der Waals surface area contributed by atoms with Gasteiger partial charge in [-0.25, -0.2) is 0 Å². The Labute approximate surface area is 207 Å². The highest BCUT2D eigenvalue weighted by Crippen LogP contribution is 2.30. The summed E-state index contributed by atoms with van der Waals surface area (Å²) in [6, 6.07) is 24.9. The number of aromatic nitrogens is 2. The topological polar surface area (TPSA) is 70.7 Å². The van der Waals surface area contributed by atoms with Crippen LogP contribution < -0.4 is 5.32 Å². The van der Waals surface area contributed by atoms with Crippen molar-refractivity contribution in [2.75, 3.05) is 0 Å². The lowest BCUT2D eigenvalue weighted by Crippen LogP contribution is -2.24. The number of pyridine rings is 1. The lowest BCUT2D eigenvalue weighted by atomic mass is 10.0. The standard InChI is InChI=1S/C30H30N4O/c1-21-6-13-27(23(3)19-21)29-14-11-26(34(29)25-9-7-24(8-10-25)16-17-31)12-15-30(35)33-20-28-22(2)5-4-18-32-28/h4-11,13-14,18-19H,12,15-16,20H2,1-3H3,(H,33,35). The van der Waals surface area contributed by atoms with Crippen molar-refractivity contribution in [1.82, 2.24) is 14.9 Å². The van der Waals surface area contributed by atoms with E-state index in [4.69, 9.17) is 5.26 Å². The molecule has 5 nitrogen and oxygen atoms in total. The van der Waals surface area contributed by atoms with Gasteiger partial charge in [-0.1, -0.05) is 42.0 Å². The minimum absolute atomic E-state index is 0.000220. The van der Waals surface area contributed by atoms with Crippen LogP contribution in [-0.2, 0) is 24.2 Å². The average Bonchev–Trinajstić information content (AvgIpc) is 3.26. The molecular weight excluding hydrogens is 432 g/mol. The van der Waals surface area contributed by atoms with Crippen LogP contribution in [0.3, 0.4) is 0 Å². The molecule has 2 heterocycles. The summed E-state index contributed by atoms with van der Waals surface area (Å²) < 4.78 is 2.23. The maximum atomic E-state index is 12.7. The molecule has 4 aromatic rings. The first-order valence-electron chi connectivity index (χ1n) is 11.9. The normalized spacial score (nSPS) is 10.7. The molecule has 0 saturated heterocycles. The number of nitrogens with one attached hydrogen (secondary N) is 1. The Morgan fingerprint density at radius 1 is 1.00 bits per heavy atom. The number of hydrogen-bond acceptors (Lipinski definition) is 3. The van der Waals surface area contributed by atoms with Crippen LogP contribution in [0.2, 0.25) is 0 Å². The van der Waals surface area contributed by atoms with E-state index >= 15 is 0 Å². The first-order chi connectivity index (χ1) is 17.0. The zero-order chi connectivity index (χ0) is 24.8. The Morgan fingerprint density at radius 2 is 1.80 bits per heavy atom. The highest BCUT2D eigenvalue weighted by atomic mass is 16.1. The van der Waals surface area contributed by atoms with Gasteiger partial charge in [0.05, 0.1) is 30.4 Å². The summed E-state index contributed by atoms with van der Waals surface area (Å²) >= 11 is 0. The highest BCUT2D eigenvalue weighted by molar-refractivity contribution is 5.76. The van der Waals surface area contributed by atoms with E-state index in [1.165, 1.54) is 11.1 Å². The van der Waals surface area contributed by atoms with Gasteiger partial charge in [-0.2, -0.15) is 5.26 Å². The van der Waals surface area contributed by atoms with Crippen LogP contribution in [0.1, 0.15) is 40.1 Å². The van der Waals surface area contributed by atoms with Gasteiger partial charge in [0.1, 0.15) is 0 Å². The Morgan fingerprint density at radius 3 is 2.51 bits per heavy atom. The molecule has 2 aromatic carbocycles. The number of carbonyl (C=O) groups is 1. The zero-order valence-corrected chi connectivity index (χ0v) is 20.5. The molecule has 0 fully saturated rings. The average molecular weight is 463 g/mol. The summed E-state index contributed by atoms with van der Waals surface area (Å²) in [5, 5.41) is 12.0. The van der Waals surface area contributed by atoms with Gasteiger partial charge in [0.15, 0.2) is 0 Å². The number of nitrogens with zero attached hydrogens (tertiary/aromatic N) is 3. The van der Waals surface area contributed by atoms with E-state index in [0.29, 0.717) is 25.8 Å². The fourth-order valence-corrected chi connectivity index (χ4v) is 4.36. The Balaban J connectivity index is 1.59. The minimum Gasteiger partial charge on any atom is -0.350 e. The van der Waals surface area contributed by atoms with Crippen LogP contribution in [0.5, 0.6) is 0 Å². The first-order valence-corrected chi connectivity index (χ1v) is 11.9. The van der Waals surface area contributed by atoms with Crippen molar-refractivity contribution < 1.29 is 4.79 Å². The smallest absolute Gasteiger partial charge is 0.220 e. The number of carbonyl (C=O) groups excluding carboxylic acids is 1. The fourth-order valence-electron chi connectivity index (χ4n) is 4.36. The van der Waals surface area contributed by atoms with Crippen molar-refractivity contribution in [3.8, 4) is 23.0 Å². The van der Waals surface area contributed by atoms with Gasteiger partial charge in [0.2, 0.25) is 5.91 Å². The SMILES string of the molecule is Cc1ccc(-c2ccc(CCC(=O)NCc3ncccc3C)n2-c2ccc(CC#N)cc2)c(C)c1. The van der Waals surface area contributed by atoms with Crippen LogP contribution in [0.25, 0.3) is 16.9 Å². The summed E-state index contributed by atoms with van der Waals surface area (Å²) in [4.78, 5) is 17.0. The third-order valence-electron chi connectivity index (χ3n) is 6.28. The quantitative estimate of drug-likeness (QED) is 0.361. The summed E-state index contributed by atoms with van der Waals surface area (Å²) in [6.45, 7) is 6.65. The molecule has 0 saturated carbocycles. The molecule has 5 heteroatoms. The molecule has 4 rings (SSSR count). The van der Waals surface area contributed by atoms with Crippen molar-refractivity contribution in [2.45, 2.75) is 46.6 Å². The molecule has 0 aliphatic heterocycles. The van der Waals surface area contributed by atoms with Gasteiger partial charge in [-0.05, 0) is 74.2 Å². The minimum atomic E-state index is 0.000220. The number of rotatable bonds is 8. The molecule has 0 aliphatic carbocycles. The molecule has 2 aromatic heterocycles. The Bertz CT molecular complexity index is 1380. The maximum absolute atomic E-state index is 12.7. The van der Waals surface area contributed by atoms with Crippen molar-refractivity contribution in [2.24, 2.45) is 0 Å². The number of aryl methyl sites for hydroxylation is 4. The first kappa shape index (κ1) is 24.0. The summed E-state index contributed by atoms with van der Waals surface area (Å²) in [6.07, 6.45) is 3.13. The van der Waals surface area contributed by atoms with E-state index in [1.54, 1.807) is 6.20 Å². The highest BCUT2D eigenvalue weighted by Gasteiger charge is 2.15.